The Bertz CT molecular complexity index is 355. The van der Waals surface area contributed by atoms with E-state index in [0.29, 0.717) is 0 Å². The van der Waals surface area contributed by atoms with Gasteiger partial charge in [0.25, 0.3) is 0 Å². The lowest BCUT2D eigenvalue weighted by molar-refractivity contribution is -0.118. The van der Waals surface area contributed by atoms with Crippen LogP contribution in [0.1, 0.15) is 6.92 Å². The lowest BCUT2D eigenvalue weighted by Crippen LogP contribution is -2.32. The van der Waals surface area contributed by atoms with E-state index in [2.05, 4.69) is 5.32 Å². The number of benzene rings is 1. The molecule has 1 rings (SSSR count). The monoisotopic (exact) mass is 200 g/mol. The zero-order valence-corrected chi connectivity index (χ0v) is 7.55. The molecule has 1 unspecified atom stereocenters. The second-order valence-electron chi connectivity index (χ2n) is 2.89. The van der Waals surface area contributed by atoms with Crippen molar-refractivity contribution in [3.63, 3.8) is 0 Å². The summed E-state index contributed by atoms with van der Waals surface area (Å²) in [7, 11) is 0. The maximum atomic E-state index is 13.0. The molecule has 5 heteroatoms. The van der Waals surface area contributed by atoms with Gasteiger partial charge in [0.05, 0.1) is 5.69 Å². The quantitative estimate of drug-likeness (QED) is 0.771. The Labute approximate surface area is 79.9 Å². The summed E-state index contributed by atoms with van der Waals surface area (Å²) in [5.41, 5.74) is 5.02. The zero-order valence-electron chi connectivity index (χ0n) is 7.55. The molecule has 0 saturated carbocycles. The van der Waals surface area contributed by atoms with E-state index in [1.54, 1.807) is 0 Å². The first-order valence-corrected chi connectivity index (χ1v) is 4.01. The van der Waals surface area contributed by atoms with Gasteiger partial charge in [-0.2, -0.15) is 0 Å². The molecule has 0 spiro atoms. The van der Waals surface area contributed by atoms with Gasteiger partial charge in [0.15, 0.2) is 0 Å². The fourth-order valence-electron chi connectivity index (χ4n) is 0.911. The molecule has 0 aromatic heterocycles. The highest BCUT2D eigenvalue weighted by Crippen LogP contribution is 2.15. The van der Waals surface area contributed by atoms with Crippen molar-refractivity contribution in [2.24, 2.45) is 5.73 Å². The molecule has 3 nitrogen and oxygen atoms in total. The van der Waals surface area contributed by atoms with Crippen LogP contribution in [0.3, 0.4) is 0 Å². The topological polar surface area (TPSA) is 55.1 Å². The summed E-state index contributed by atoms with van der Waals surface area (Å²) >= 11 is 0. The van der Waals surface area contributed by atoms with E-state index in [1.807, 2.05) is 0 Å². The Kier molecular flexibility index (Phi) is 3.01. The molecule has 1 amide bonds. The SMILES string of the molecule is CC(Nc1ccc(F)cc1F)C(N)=O. The molecule has 1 aromatic carbocycles. The van der Waals surface area contributed by atoms with Gasteiger partial charge in [-0.3, -0.25) is 4.79 Å². The van der Waals surface area contributed by atoms with Gasteiger partial charge in [-0.05, 0) is 19.1 Å². The third kappa shape index (κ3) is 2.42. The van der Waals surface area contributed by atoms with Crippen LogP contribution in [0.2, 0.25) is 0 Å². The average molecular weight is 200 g/mol. The van der Waals surface area contributed by atoms with Crippen LogP contribution in [0, 0.1) is 11.6 Å². The number of hydrogen-bond acceptors (Lipinski definition) is 2. The Morgan fingerprint density at radius 3 is 2.64 bits per heavy atom. The van der Waals surface area contributed by atoms with Crippen molar-refractivity contribution in [1.29, 1.82) is 0 Å². The molecule has 0 aliphatic heterocycles. The number of nitrogens with one attached hydrogen (secondary N) is 1. The van der Waals surface area contributed by atoms with Crippen LogP contribution in [0.15, 0.2) is 18.2 Å². The standard InChI is InChI=1S/C9H10F2N2O/c1-5(9(12)14)13-8-3-2-6(10)4-7(8)11/h2-5,13H,1H3,(H2,12,14). The fraction of sp³-hybridized carbons (Fsp3) is 0.222. The lowest BCUT2D eigenvalue weighted by atomic mass is 10.2. The van der Waals surface area contributed by atoms with Crippen molar-refractivity contribution in [2.75, 3.05) is 5.32 Å². The third-order valence-corrected chi connectivity index (χ3v) is 1.73. The number of hydrogen-bond donors (Lipinski definition) is 2. The van der Waals surface area contributed by atoms with E-state index in [1.165, 1.54) is 13.0 Å². The van der Waals surface area contributed by atoms with Crippen LogP contribution >= 0.6 is 0 Å². The van der Waals surface area contributed by atoms with Gasteiger partial charge in [-0.25, -0.2) is 8.78 Å². The van der Waals surface area contributed by atoms with Gasteiger partial charge in [0.2, 0.25) is 5.91 Å². The summed E-state index contributed by atoms with van der Waals surface area (Å²) in [6.45, 7) is 1.49. The molecule has 76 valence electrons. The molecule has 0 fully saturated rings. The summed E-state index contributed by atoms with van der Waals surface area (Å²) in [6.07, 6.45) is 0. The van der Waals surface area contributed by atoms with E-state index in [0.717, 1.165) is 12.1 Å². The maximum Gasteiger partial charge on any atom is 0.239 e. The van der Waals surface area contributed by atoms with Gasteiger partial charge in [0, 0.05) is 6.07 Å². The molecule has 1 aromatic rings. The second kappa shape index (κ2) is 4.04. The van der Waals surface area contributed by atoms with Gasteiger partial charge in [-0.1, -0.05) is 0 Å². The molecule has 0 heterocycles. The van der Waals surface area contributed by atoms with Crippen molar-refractivity contribution in [2.45, 2.75) is 13.0 Å². The largest absolute Gasteiger partial charge is 0.372 e. The van der Waals surface area contributed by atoms with Gasteiger partial charge >= 0.3 is 0 Å². The van der Waals surface area contributed by atoms with Crippen LogP contribution < -0.4 is 11.1 Å². The van der Waals surface area contributed by atoms with Gasteiger partial charge in [-0.15, -0.1) is 0 Å². The van der Waals surface area contributed by atoms with Gasteiger partial charge < -0.3 is 11.1 Å². The summed E-state index contributed by atoms with van der Waals surface area (Å²) in [6, 6.07) is 2.34. The van der Waals surface area contributed by atoms with Crippen LogP contribution in [0.4, 0.5) is 14.5 Å². The highest BCUT2D eigenvalue weighted by molar-refractivity contribution is 5.82. The van der Waals surface area contributed by atoms with Crippen molar-refractivity contribution in [3.05, 3.63) is 29.8 Å². The Balaban J connectivity index is 2.82. The Hall–Kier alpha value is -1.65. The summed E-state index contributed by atoms with van der Waals surface area (Å²) in [5.74, 6) is -2.02. The van der Waals surface area contributed by atoms with E-state index in [4.69, 9.17) is 5.73 Å². The number of rotatable bonds is 3. The smallest absolute Gasteiger partial charge is 0.239 e. The molecule has 3 N–H and O–H groups in total. The zero-order chi connectivity index (χ0) is 10.7. The number of halogens is 2. The summed E-state index contributed by atoms with van der Waals surface area (Å²) in [4.78, 5) is 10.6. The number of anilines is 1. The third-order valence-electron chi connectivity index (χ3n) is 1.73. The lowest BCUT2D eigenvalue weighted by Gasteiger charge is -2.11. The first-order valence-electron chi connectivity index (χ1n) is 4.01. The molecular weight excluding hydrogens is 190 g/mol. The summed E-state index contributed by atoms with van der Waals surface area (Å²) < 4.78 is 25.5. The normalized spacial score (nSPS) is 12.2. The van der Waals surface area contributed by atoms with Crippen molar-refractivity contribution < 1.29 is 13.6 Å². The fourth-order valence-corrected chi connectivity index (χ4v) is 0.911. The molecule has 0 radical (unpaired) electrons. The Morgan fingerprint density at radius 1 is 1.50 bits per heavy atom. The molecule has 0 bridgehead atoms. The predicted molar refractivity (Wildman–Crippen MR) is 48.6 cm³/mol. The van der Waals surface area contributed by atoms with E-state index in [9.17, 15) is 13.6 Å². The van der Waals surface area contributed by atoms with Crippen molar-refractivity contribution in [1.82, 2.24) is 0 Å². The number of carbonyl (C=O) groups excluding carboxylic acids is 1. The first kappa shape index (κ1) is 10.4. The minimum absolute atomic E-state index is 0.0534. The second-order valence-corrected chi connectivity index (χ2v) is 2.89. The number of nitrogens with two attached hydrogens (primary N) is 1. The van der Waals surface area contributed by atoms with Crippen LogP contribution in [-0.2, 0) is 4.79 Å². The average Bonchev–Trinajstić information content (AvgIpc) is 2.09. The van der Waals surface area contributed by atoms with Crippen molar-refractivity contribution in [3.8, 4) is 0 Å². The van der Waals surface area contributed by atoms with Crippen LogP contribution in [-0.4, -0.2) is 11.9 Å². The molecule has 0 saturated heterocycles. The minimum Gasteiger partial charge on any atom is -0.372 e. The number of primary amides is 1. The van der Waals surface area contributed by atoms with E-state index in [-0.39, 0.29) is 5.69 Å². The minimum atomic E-state index is -0.752. The van der Waals surface area contributed by atoms with Crippen LogP contribution in [0.5, 0.6) is 0 Å². The highest BCUT2D eigenvalue weighted by Gasteiger charge is 2.10. The first-order chi connectivity index (χ1) is 6.50. The van der Waals surface area contributed by atoms with Gasteiger partial charge in [0.1, 0.15) is 17.7 Å². The molecule has 14 heavy (non-hydrogen) atoms. The molecule has 0 aliphatic rings. The summed E-state index contributed by atoms with van der Waals surface area (Å²) in [5, 5.41) is 2.52. The number of carbonyl (C=O) groups is 1. The van der Waals surface area contributed by atoms with Crippen molar-refractivity contribution >= 4 is 11.6 Å². The molecular formula is C9H10F2N2O. The predicted octanol–water partition coefficient (Wildman–Crippen LogP) is 1.25. The Morgan fingerprint density at radius 2 is 2.14 bits per heavy atom. The van der Waals surface area contributed by atoms with E-state index >= 15 is 0 Å². The van der Waals surface area contributed by atoms with E-state index < -0.39 is 23.6 Å². The molecule has 1 atom stereocenters. The molecule has 0 aliphatic carbocycles. The maximum absolute atomic E-state index is 13.0. The highest BCUT2D eigenvalue weighted by atomic mass is 19.1. The van der Waals surface area contributed by atoms with Crippen LogP contribution in [0.25, 0.3) is 0 Å². The number of amides is 1.